The van der Waals surface area contributed by atoms with Crippen molar-refractivity contribution in [2.45, 2.75) is 24.8 Å². The molecular weight excluding hydrogens is 388 g/mol. The molecule has 3 aliphatic rings. The van der Waals surface area contributed by atoms with Gasteiger partial charge in [0, 0.05) is 38.4 Å². The average Bonchev–Trinajstić information content (AvgIpc) is 3.34. The van der Waals surface area contributed by atoms with E-state index in [4.69, 9.17) is 0 Å². The molecule has 3 aliphatic heterocycles. The first-order valence-electron chi connectivity index (χ1n) is 11.3. The van der Waals surface area contributed by atoms with Crippen LogP contribution < -0.4 is 5.32 Å². The average molecular weight is 419 g/mol. The van der Waals surface area contributed by atoms with Crippen molar-refractivity contribution >= 4 is 17.5 Å². The Morgan fingerprint density at radius 3 is 2.39 bits per heavy atom. The highest BCUT2D eigenvalue weighted by atomic mass is 16.2. The number of anilines is 1. The van der Waals surface area contributed by atoms with Crippen molar-refractivity contribution in [2.75, 3.05) is 51.1 Å². The highest BCUT2D eigenvalue weighted by Gasteiger charge is 2.59. The maximum absolute atomic E-state index is 13.5. The van der Waals surface area contributed by atoms with E-state index in [9.17, 15) is 9.59 Å². The largest absolute Gasteiger partial charge is 0.333 e. The number of para-hydroxylation sites is 1. The van der Waals surface area contributed by atoms with Crippen LogP contribution in [0.1, 0.15) is 30.5 Å². The fourth-order valence-electron chi connectivity index (χ4n) is 5.60. The molecule has 0 aliphatic carbocycles. The topological polar surface area (TPSA) is 55.9 Å². The fourth-order valence-corrected chi connectivity index (χ4v) is 5.60. The van der Waals surface area contributed by atoms with Crippen LogP contribution in [0.25, 0.3) is 0 Å². The van der Waals surface area contributed by atoms with Gasteiger partial charge in [-0.3, -0.25) is 14.5 Å². The SMILES string of the molecule is CCN1CCN(CC(=O)N2CC[C@]3(C(=O)Nc4ccccc43)[C@@H]2c2ccccc2)CC1. The molecule has 0 bridgehead atoms. The summed E-state index contributed by atoms with van der Waals surface area (Å²) >= 11 is 0. The first-order valence-corrected chi connectivity index (χ1v) is 11.3. The Kier molecular flexibility index (Phi) is 5.28. The molecule has 6 heteroatoms. The number of hydrogen-bond donors (Lipinski definition) is 1. The van der Waals surface area contributed by atoms with Crippen LogP contribution in [0.3, 0.4) is 0 Å². The normalized spacial score (nSPS) is 26.3. The van der Waals surface area contributed by atoms with E-state index >= 15 is 0 Å². The summed E-state index contributed by atoms with van der Waals surface area (Å²) in [7, 11) is 0. The first-order chi connectivity index (χ1) is 15.1. The van der Waals surface area contributed by atoms with Gasteiger partial charge in [-0.05, 0) is 30.2 Å². The molecule has 0 radical (unpaired) electrons. The standard InChI is InChI=1S/C25H30N4O2/c1-2-27-14-16-28(17-15-27)18-22(30)29-13-12-25(23(29)19-8-4-3-5-9-19)20-10-6-7-11-21(20)26-24(25)31/h3-11,23H,2,12-18H2,1H3,(H,26,31)/t23-,25+/m0/s1. The Balaban J connectivity index is 1.46. The van der Waals surface area contributed by atoms with Crippen LogP contribution in [0.5, 0.6) is 0 Å². The van der Waals surface area contributed by atoms with Gasteiger partial charge in [0.1, 0.15) is 5.41 Å². The minimum absolute atomic E-state index is 0.00872. The minimum Gasteiger partial charge on any atom is -0.333 e. The number of nitrogens with zero attached hydrogens (tertiary/aromatic N) is 3. The second-order valence-electron chi connectivity index (χ2n) is 8.83. The lowest BCUT2D eigenvalue weighted by Gasteiger charge is -2.37. The van der Waals surface area contributed by atoms with Crippen molar-refractivity contribution in [1.29, 1.82) is 0 Å². The van der Waals surface area contributed by atoms with Crippen LogP contribution >= 0.6 is 0 Å². The molecule has 2 aromatic carbocycles. The van der Waals surface area contributed by atoms with E-state index in [0.717, 1.165) is 49.5 Å². The molecule has 1 spiro atoms. The number of nitrogens with one attached hydrogen (secondary N) is 1. The highest BCUT2D eigenvalue weighted by Crippen LogP contribution is 2.54. The van der Waals surface area contributed by atoms with Crippen molar-refractivity contribution < 1.29 is 9.59 Å². The van der Waals surface area contributed by atoms with Gasteiger partial charge in [0.15, 0.2) is 0 Å². The third-order valence-corrected chi connectivity index (χ3v) is 7.29. The van der Waals surface area contributed by atoms with Crippen LogP contribution in [0.4, 0.5) is 5.69 Å². The van der Waals surface area contributed by atoms with Gasteiger partial charge < -0.3 is 15.1 Å². The van der Waals surface area contributed by atoms with Gasteiger partial charge in [0.25, 0.3) is 0 Å². The third kappa shape index (κ3) is 3.34. The zero-order valence-electron chi connectivity index (χ0n) is 18.1. The fraction of sp³-hybridized carbons (Fsp3) is 0.440. The molecule has 31 heavy (non-hydrogen) atoms. The summed E-state index contributed by atoms with van der Waals surface area (Å²) in [4.78, 5) is 33.6. The zero-order chi connectivity index (χ0) is 21.4. The van der Waals surface area contributed by atoms with Gasteiger partial charge >= 0.3 is 0 Å². The molecule has 5 rings (SSSR count). The van der Waals surface area contributed by atoms with Crippen molar-refractivity contribution in [3.8, 4) is 0 Å². The molecule has 0 aromatic heterocycles. The Labute approximate surface area is 183 Å². The number of rotatable bonds is 4. The summed E-state index contributed by atoms with van der Waals surface area (Å²) in [6.45, 7) is 8.09. The van der Waals surface area contributed by atoms with Gasteiger partial charge in [-0.2, -0.15) is 0 Å². The van der Waals surface area contributed by atoms with Crippen molar-refractivity contribution in [1.82, 2.24) is 14.7 Å². The van der Waals surface area contributed by atoms with Gasteiger partial charge in [-0.15, -0.1) is 0 Å². The second kappa shape index (κ2) is 8.09. The Morgan fingerprint density at radius 2 is 1.65 bits per heavy atom. The number of benzene rings is 2. The Hall–Kier alpha value is -2.70. The number of fused-ring (bicyclic) bond motifs is 2. The maximum Gasteiger partial charge on any atom is 0.237 e. The molecule has 2 fully saturated rings. The van der Waals surface area contributed by atoms with E-state index in [-0.39, 0.29) is 17.9 Å². The molecule has 2 aromatic rings. The van der Waals surface area contributed by atoms with Crippen molar-refractivity contribution in [2.24, 2.45) is 0 Å². The van der Waals surface area contributed by atoms with Gasteiger partial charge in [0.2, 0.25) is 11.8 Å². The summed E-state index contributed by atoms with van der Waals surface area (Å²) in [5, 5.41) is 3.09. The molecule has 162 valence electrons. The summed E-state index contributed by atoms with van der Waals surface area (Å²) in [5.74, 6) is 0.127. The molecule has 3 heterocycles. The number of hydrogen-bond acceptors (Lipinski definition) is 4. The summed E-state index contributed by atoms with van der Waals surface area (Å²) < 4.78 is 0. The number of piperazine rings is 1. The molecule has 2 saturated heterocycles. The molecule has 2 atom stereocenters. The van der Waals surface area contributed by atoms with Crippen LogP contribution in [-0.2, 0) is 15.0 Å². The monoisotopic (exact) mass is 418 g/mol. The van der Waals surface area contributed by atoms with Crippen LogP contribution in [0.15, 0.2) is 54.6 Å². The second-order valence-corrected chi connectivity index (χ2v) is 8.83. The molecule has 2 amide bonds. The van der Waals surface area contributed by atoms with E-state index in [1.165, 1.54) is 0 Å². The van der Waals surface area contributed by atoms with Crippen molar-refractivity contribution in [3.05, 3.63) is 65.7 Å². The lowest BCUT2D eigenvalue weighted by molar-refractivity contribution is -0.135. The number of carbonyl (C=O) groups excluding carboxylic acids is 2. The maximum atomic E-state index is 13.5. The Bertz CT molecular complexity index is 970. The van der Waals surface area contributed by atoms with E-state index in [2.05, 4.69) is 22.0 Å². The molecule has 0 unspecified atom stereocenters. The molecular formula is C25H30N4O2. The number of amides is 2. The summed E-state index contributed by atoms with van der Waals surface area (Å²) in [5.41, 5.74) is 2.18. The minimum atomic E-state index is -0.728. The Morgan fingerprint density at radius 1 is 0.968 bits per heavy atom. The van der Waals surface area contributed by atoms with Crippen molar-refractivity contribution in [3.63, 3.8) is 0 Å². The predicted molar refractivity (Wildman–Crippen MR) is 121 cm³/mol. The van der Waals surface area contributed by atoms with Gasteiger partial charge in [-0.25, -0.2) is 0 Å². The van der Waals surface area contributed by atoms with Gasteiger partial charge in [-0.1, -0.05) is 55.5 Å². The molecule has 0 saturated carbocycles. The molecule has 1 N–H and O–H groups in total. The third-order valence-electron chi connectivity index (χ3n) is 7.29. The van der Waals surface area contributed by atoms with E-state index < -0.39 is 5.41 Å². The first kappa shape index (κ1) is 20.2. The quantitative estimate of drug-likeness (QED) is 0.829. The lowest BCUT2D eigenvalue weighted by Crippen LogP contribution is -2.50. The highest BCUT2D eigenvalue weighted by molar-refractivity contribution is 6.07. The van der Waals surface area contributed by atoms with Crippen LogP contribution in [0.2, 0.25) is 0 Å². The van der Waals surface area contributed by atoms with E-state index in [1.807, 2.05) is 59.5 Å². The smallest absolute Gasteiger partial charge is 0.237 e. The number of carbonyl (C=O) groups is 2. The van der Waals surface area contributed by atoms with Gasteiger partial charge in [0.05, 0.1) is 12.6 Å². The van der Waals surface area contributed by atoms with Crippen LogP contribution in [0, 0.1) is 0 Å². The zero-order valence-corrected chi connectivity index (χ0v) is 18.1. The van der Waals surface area contributed by atoms with E-state index in [0.29, 0.717) is 19.5 Å². The number of likely N-dealkylation sites (N-methyl/N-ethyl adjacent to an activating group) is 1. The van der Waals surface area contributed by atoms with E-state index in [1.54, 1.807) is 0 Å². The number of likely N-dealkylation sites (tertiary alicyclic amines) is 1. The lowest BCUT2D eigenvalue weighted by atomic mass is 9.72. The predicted octanol–water partition coefficient (Wildman–Crippen LogP) is 2.49. The van der Waals surface area contributed by atoms with Crippen LogP contribution in [-0.4, -0.2) is 72.3 Å². The summed E-state index contributed by atoms with van der Waals surface area (Å²) in [6, 6.07) is 17.7. The molecule has 6 nitrogen and oxygen atoms in total. The summed E-state index contributed by atoms with van der Waals surface area (Å²) in [6.07, 6.45) is 0.644.